The number of hydrogen-bond acceptors (Lipinski definition) is 3. The SMILES string of the molecule is CCNC(=NCC1(C)CCCS1)NCCNC(=O)c1ccc(C)c(F)c1. The third-order valence-corrected chi connectivity index (χ3v) is 5.88. The fraction of sp³-hybridized carbons (Fsp3) is 0.579. The zero-order valence-corrected chi connectivity index (χ0v) is 16.6. The van der Waals surface area contributed by atoms with E-state index >= 15 is 0 Å². The Labute approximate surface area is 159 Å². The molecule has 1 aliphatic rings. The van der Waals surface area contributed by atoms with E-state index < -0.39 is 0 Å². The van der Waals surface area contributed by atoms with Crippen molar-refractivity contribution in [3.63, 3.8) is 0 Å². The lowest BCUT2D eigenvalue weighted by molar-refractivity contribution is 0.0954. The zero-order valence-electron chi connectivity index (χ0n) is 15.8. The molecule has 1 saturated heterocycles. The predicted molar refractivity (Wildman–Crippen MR) is 108 cm³/mol. The number of aryl methyl sites for hydroxylation is 1. The van der Waals surface area contributed by atoms with Crippen molar-refractivity contribution in [3.05, 3.63) is 35.1 Å². The van der Waals surface area contributed by atoms with Gasteiger partial charge in [0.15, 0.2) is 5.96 Å². The monoisotopic (exact) mass is 380 g/mol. The number of nitrogens with one attached hydrogen (secondary N) is 3. The first kappa shape index (κ1) is 20.6. The molecule has 1 aliphatic heterocycles. The van der Waals surface area contributed by atoms with Crippen LogP contribution >= 0.6 is 11.8 Å². The molecule has 26 heavy (non-hydrogen) atoms. The largest absolute Gasteiger partial charge is 0.357 e. The van der Waals surface area contributed by atoms with Gasteiger partial charge in [-0.15, -0.1) is 0 Å². The predicted octanol–water partition coefficient (Wildman–Crippen LogP) is 2.70. The Hall–Kier alpha value is -1.76. The highest BCUT2D eigenvalue weighted by molar-refractivity contribution is 8.00. The van der Waals surface area contributed by atoms with Crippen LogP contribution < -0.4 is 16.0 Å². The number of amides is 1. The Morgan fingerprint density at radius 2 is 2.08 bits per heavy atom. The molecule has 0 spiro atoms. The maximum absolute atomic E-state index is 13.5. The standard InChI is InChI=1S/C19H29FN4OS/c1-4-21-18(24-13-19(3)8-5-11-26-19)23-10-9-22-17(25)15-7-6-14(2)16(20)12-15/h6-7,12H,4-5,8-11,13H2,1-3H3,(H,22,25)(H2,21,23,24). The first-order valence-corrected chi connectivity index (χ1v) is 10.1. The number of carbonyl (C=O) groups is 1. The fourth-order valence-electron chi connectivity index (χ4n) is 2.74. The third kappa shape index (κ3) is 6.20. The summed E-state index contributed by atoms with van der Waals surface area (Å²) in [5.41, 5.74) is 0.865. The summed E-state index contributed by atoms with van der Waals surface area (Å²) in [5.74, 6) is 1.33. The number of thioether (sulfide) groups is 1. The molecule has 1 heterocycles. The Morgan fingerprint density at radius 3 is 2.73 bits per heavy atom. The summed E-state index contributed by atoms with van der Waals surface area (Å²) in [7, 11) is 0. The lowest BCUT2D eigenvalue weighted by atomic mass is 10.1. The number of guanidine groups is 1. The molecule has 144 valence electrons. The van der Waals surface area contributed by atoms with Crippen LogP contribution in [0.15, 0.2) is 23.2 Å². The van der Waals surface area contributed by atoms with Gasteiger partial charge in [0.25, 0.3) is 5.91 Å². The number of carbonyl (C=O) groups excluding carboxylic acids is 1. The van der Waals surface area contributed by atoms with Crippen LogP contribution in [0.1, 0.15) is 42.6 Å². The van der Waals surface area contributed by atoms with Crippen molar-refractivity contribution in [2.24, 2.45) is 4.99 Å². The average Bonchev–Trinajstić information content (AvgIpc) is 3.05. The number of nitrogens with zero attached hydrogens (tertiary/aromatic N) is 1. The summed E-state index contributed by atoms with van der Waals surface area (Å²) in [6.07, 6.45) is 2.45. The van der Waals surface area contributed by atoms with Crippen molar-refractivity contribution >= 4 is 23.6 Å². The Bertz CT molecular complexity index is 644. The molecule has 1 aromatic rings. The van der Waals surface area contributed by atoms with Crippen LogP contribution in [-0.2, 0) is 0 Å². The molecule has 2 rings (SSSR count). The second-order valence-corrected chi connectivity index (χ2v) is 8.43. The molecule has 0 aromatic heterocycles. The third-order valence-electron chi connectivity index (χ3n) is 4.35. The summed E-state index contributed by atoms with van der Waals surface area (Å²) >= 11 is 1.99. The maximum Gasteiger partial charge on any atom is 0.251 e. The molecule has 1 unspecified atom stereocenters. The number of rotatable bonds is 7. The summed E-state index contributed by atoms with van der Waals surface area (Å²) in [5, 5.41) is 9.25. The van der Waals surface area contributed by atoms with Gasteiger partial charge in [-0.2, -0.15) is 11.8 Å². The Balaban J connectivity index is 1.78. The second-order valence-electron chi connectivity index (χ2n) is 6.74. The van der Waals surface area contributed by atoms with Gasteiger partial charge >= 0.3 is 0 Å². The molecule has 1 fully saturated rings. The van der Waals surface area contributed by atoms with E-state index in [9.17, 15) is 9.18 Å². The van der Waals surface area contributed by atoms with Crippen molar-refractivity contribution < 1.29 is 9.18 Å². The molecule has 0 saturated carbocycles. The van der Waals surface area contributed by atoms with Gasteiger partial charge in [0.05, 0.1) is 6.54 Å². The Morgan fingerprint density at radius 1 is 1.31 bits per heavy atom. The highest BCUT2D eigenvalue weighted by Crippen LogP contribution is 2.37. The highest BCUT2D eigenvalue weighted by Gasteiger charge is 2.29. The summed E-state index contributed by atoms with van der Waals surface area (Å²) in [4.78, 5) is 16.7. The van der Waals surface area contributed by atoms with Crippen LogP contribution in [0.3, 0.4) is 0 Å². The van der Waals surface area contributed by atoms with Crippen LogP contribution in [0.25, 0.3) is 0 Å². The normalized spacial score (nSPS) is 20.1. The number of halogens is 1. The van der Waals surface area contributed by atoms with Gasteiger partial charge in [-0.05, 0) is 57.1 Å². The van der Waals surface area contributed by atoms with E-state index in [0.717, 1.165) is 19.0 Å². The van der Waals surface area contributed by atoms with Gasteiger partial charge in [-0.25, -0.2) is 4.39 Å². The minimum atomic E-state index is -0.365. The maximum atomic E-state index is 13.5. The zero-order chi connectivity index (χ0) is 19.0. The molecule has 1 aromatic carbocycles. The van der Waals surface area contributed by atoms with Crippen LogP contribution in [-0.4, -0.2) is 48.5 Å². The van der Waals surface area contributed by atoms with E-state index in [1.54, 1.807) is 19.1 Å². The van der Waals surface area contributed by atoms with E-state index in [-0.39, 0.29) is 16.5 Å². The number of benzene rings is 1. The van der Waals surface area contributed by atoms with Gasteiger partial charge in [0.2, 0.25) is 0 Å². The molecular formula is C19H29FN4OS. The number of hydrogen-bond donors (Lipinski definition) is 3. The minimum absolute atomic E-state index is 0.228. The van der Waals surface area contributed by atoms with Crippen molar-refractivity contribution in [3.8, 4) is 0 Å². The van der Waals surface area contributed by atoms with E-state index in [0.29, 0.717) is 24.2 Å². The van der Waals surface area contributed by atoms with Gasteiger partial charge in [-0.3, -0.25) is 9.79 Å². The van der Waals surface area contributed by atoms with Crippen molar-refractivity contribution in [2.75, 3.05) is 31.9 Å². The molecule has 0 bridgehead atoms. The van der Waals surface area contributed by atoms with Crippen LogP contribution in [0.4, 0.5) is 4.39 Å². The molecule has 7 heteroatoms. The molecule has 3 N–H and O–H groups in total. The average molecular weight is 381 g/mol. The smallest absolute Gasteiger partial charge is 0.251 e. The van der Waals surface area contributed by atoms with Gasteiger partial charge < -0.3 is 16.0 Å². The van der Waals surface area contributed by atoms with Gasteiger partial charge in [0, 0.05) is 29.9 Å². The molecule has 1 atom stereocenters. The van der Waals surface area contributed by atoms with Gasteiger partial charge in [-0.1, -0.05) is 6.07 Å². The fourth-order valence-corrected chi connectivity index (χ4v) is 3.97. The molecule has 0 radical (unpaired) electrons. The lowest BCUT2D eigenvalue weighted by Crippen LogP contribution is -2.42. The van der Waals surface area contributed by atoms with Gasteiger partial charge in [0.1, 0.15) is 5.82 Å². The number of aliphatic imine (C=N–C) groups is 1. The van der Waals surface area contributed by atoms with E-state index in [1.165, 1.54) is 24.7 Å². The first-order valence-electron chi connectivity index (χ1n) is 9.14. The lowest BCUT2D eigenvalue weighted by Gasteiger charge is -2.21. The topological polar surface area (TPSA) is 65.5 Å². The minimum Gasteiger partial charge on any atom is -0.357 e. The molecular weight excluding hydrogens is 351 g/mol. The van der Waals surface area contributed by atoms with E-state index in [4.69, 9.17) is 0 Å². The quantitative estimate of drug-likeness (QED) is 0.387. The first-order chi connectivity index (χ1) is 12.4. The van der Waals surface area contributed by atoms with Crippen molar-refractivity contribution in [1.29, 1.82) is 0 Å². The summed E-state index contributed by atoms with van der Waals surface area (Å²) < 4.78 is 13.8. The summed E-state index contributed by atoms with van der Waals surface area (Å²) in [6, 6.07) is 4.51. The molecule has 1 amide bonds. The molecule has 0 aliphatic carbocycles. The van der Waals surface area contributed by atoms with E-state index in [1.807, 2.05) is 18.7 Å². The van der Waals surface area contributed by atoms with Crippen LogP contribution in [0.2, 0.25) is 0 Å². The van der Waals surface area contributed by atoms with Crippen LogP contribution in [0.5, 0.6) is 0 Å². The van der Waals surface area contributed by atoms with E-state index in [2.05, 4.69) is 27.9 Å². The van der Waals surface area contributed by atoms with Crippen molar-refractivity contribution in [2.45, 2.75) is 38.4 Å². The van der Waals surface area contributed by atoms with Crippen molar-refractivity contribution in [1.82, 2.24) is 16.0 Å². The highest BCUT2D eigenvalue weighted by atomic mass is 32.2. The second kappa shape index (κ2) is 9.80. The molecule has 5 nitrogen and oxygen atoms in total. The summed E-state index contributed by atoms with van der Waals surface area (Å²) in [6.45, 7) is 8.51. The Kier molecular flexibility index (Phi) is 7.75. The van der Waals surface area contributed by atoms with Crippen LogP contribution in [0, 0.1) is 12.7 Å².